The molecule has 0 aromatic carbocycles. The molecule has 0 atom stereocenters. The van der Waals surface area contributed by atoms with E-state index in [9.17, 15) is 0 Å². The molecule has 0 unspecified atom stereocenters. The van der Waals surface area contributed by atoms with Crippen LogP contribution in [0.5, 0.6) is 0 Å². The summed E-state index contributed by atoms with van der Waals surface area (Å²) in [6.07, 6.45) is 0. The maximum Gasteiger partial charge on any atom is 0.0621 e. The highest BCUT2D eigenvalue weighted by Gasteiger charge is 2.09. The summed E-state index contributed by atoms with van der Waals surface area (Å²) in [4.78, 5) is 19.8. The lowest BCUT2D eigenvalue weighted by Crippen LogP contribution is -1.79. The molecule has 0 radical (unpaired) electrons. The van der Waals surface area contributed by atoms with Gasteiger partial charge in [0.1, 0.15) is 0 Å². The highest BCUT2D eigenvalue weighted by atomic mass is 14.8. The third-order valence-corrected chi connectivity index (χ3v) is 6.81. The summed E-state index contributed by atoms with van der Waals surface area (Å²) in [7, 11) is 0. The molecule has 204 valence electrons. The lowest BCUT2D eigenvalue weighted by atomic mass is 10.1. The summed E-state index contributed by atoms with van der Waals surface area (Å²) in [6, 6.07) is 19.1. The van der Waals surface area contributed by atoms with Crippen molar-refractivity contribution >= 4 is 0 Å². The van der Waals surface area contributed by atoms with Crippen molar-refractivity contribution in [3.63, 3.8) is 0 Å². The van der Waals surface area contributed by atoms with Gasteiger partial charge in [-0.1, -0.05) is 0 Å². The summed E-state index contributed by atoms with van der Waals surface area (Å²) in [6.45, 7) is 18.8. The van der Waals surface area contributed by atoms with Crippen LogP contribution in [0.4, 0.5) is 0 Å². The van der Waals surface area contributed by atoms with Gasteiger partial charge in [0, 0.05) is 73.6 Å². The van der Waals surface area contributed by atoms with Crippen LogP contribution in [0, 0.1) is 62.3 Å². The van der Waals surface area contributed by atoms with Crippen LogP contribution in [-0.4, -0.2) is 29.9 Å². The normalized spacial score (nSPS) is 10.7. The number of nitrogens with one attached hydrogen (secondary N) is 6. The predicted molar refractivity (Wildman–Crippen MR) is 164 cm³/mol. The van der Waals surface area contributed by atoms with E-state index in [2.05, 4.69) is 147 Å². The molecular formula is C33H42N6. The zero-order valence-corrected chi connectivity index (χ0v) is 24.7. The van der Waals surface area contributed by atoms with Crippen molar-refractivity contribution in [2.75, 3.05) is 0 Å². The Hall–Kier alpha value is -4.32. The molecule has 0 spiro atoms. The fourth-order valence-corrected chi connectivity index (χ4v) is 4.99. The average molecular weight is 523 g/mol. The van der Waals surface area contributed by atoms with E-state index >= 15 is 0 Å². The van der Waals surface area contributed by atoms with Crippen LogP contribution in [-0.2, 0) is 0 Å². The molecule has 6 heterocycles. The second-order valence-corrected chi connectivity index (χ2v) is 10.6. The first-order valence-electron chi connectivity index (χ1n) is 13.5. The molecule has 0 saturated heterocycles. The number of aromatic amines is 6. The summed E-state index contributed by atoms with van der Waals surface area (Å²) in [5.41, 5.74) is 18.3. The molecule has 6 heteroatoms. The first-order valence-corrected chi connectivity index (χ1v) is 13.5. The Kier molecular flexibility index (Phi) is 8.24. The molecule has 0 aliphatic carbocycles. The summed E-state index contributed by atoms with van der Waals surface area (Å²) in [5, 5.41) is 0. The Morgan fingerprint density at radius 1 is 0.308 bits per heavy atom. The van der Waals surface area contributed by atoms with E-state index < -0.39 is 0 Å². The molecule has 0 bridgehead atoms. The van der Waals surface area contributed by atoms with E-state index in [0.717, 1.165) is 11.4 Å². The Bertz CT molecular complexity index is 1570. The predicted octanol–water partition coefficient (Wildman–Crippen LogP) is 8.81. The van der Waals surface area contributed by atoms with Crippen molar-refractivity contribution < 1.29 is 0 Å². The van der Waals surface area contributed by atoms with Gasteiger partial charge in [-0.2, -0.15) is 0 Å². The van der Waals surface area contributed by atoms with Crippen LogP contribution in [0.15, 0.2) is 54.6 Å². The number of aromatic nitrogens is 6. The fourth-order valence-electron chi connectivity index (χ4n) is 4.99. The summed E-state index contributed by atoms with van der Waals surface area (Å²) >= 11 is 0. The molecule has 6 rings (SSSR count). The van der Waals surface area contributed by atoms with E-state index in [-0.39, 0.29) is 0 Å². The second-order valence-electron chi connectivity index (χ2n) is 10.6. The van der Waals surface area contributed by atoms with Crippen molar-refractivity contribution in [2.45, 2.75) is 62.3 Å². The molecule has 6 nitrogen and oxygen atoms in total. The molecule has 6 aromatic rings. The highest BCUT2D eigenvalue weighted by Crippen LogP contribution is 2.28. The Labute approximate surface area is 231 Å². The Balaban J connectivity index is 0.000000136. The quantitative estimate of drug-likeness (QED) is 0.134. The standard InChI is InChI=1S/C12H16N2.C11H14N2.C10H12N2/c1-7-5-11(9(3)13-7)12-6-8(2)14-10(12)4;1-7-4-5-11(13-7)10-6-8(2)12-9(10)3;1-7-3-5-9(11-7)10-6-4-8(2)12-10/h5-6,13-14H,1-4H3;4-6,12-13H,1-3H3;3-6,11-12H,1-2H3. The van der Waals surface area contributed by atoms with Gasteiger partial charge >= 0.3 is 0 Å². The van der Waals surface area contributed by atoms with Gasteiger partial charge in [0.2, 0.25) is 0 Å². The number of aryl methyl sites for hydroxylation is 9. The van der Waals surface area contributed by atoms with Crippen LogP contribution < -0.4 is 0 Å². The van der Waals surface area contributed by atoms with E-state index in [1.807, 2.05) is 0 Å². The molecule has 39 heavy (non-hydrogen) atoms. The van der Waals surface area contributed by atoms with Gasteiger partial charge in [-0.05, 0) is 117 Å². The minimum Gasteiger partial charge on any atom is -0.362 e. The third kappa shape index (κ3) is 6.77. The lowest BCUT2D eigenvalue weighted by molar-refractivity contribution is 1.18. The van der Waals surface area contributed by atoms with Crippen molar-refractivity contribution in [3.8, 4) is 33.8 Å². The van der Waals surface area contributed by atoms with Gasteiger partial charge in [-0.3, -0.25) is 0 Å². The first-order chi connectivity index (χ1) is 18.5. The summed E-state index contributed by atoms with van der Waals surface area (Å²) < 4.78 is 0. The Morgan fingerprint density at radius 2 is 0.615 bits per heavy atom. The van der Waals surface area contributed by atoms with Crippen LogP contribution in [0.2, 0.25) is 0 Å². The van der Waals surface area contributed by atoms with E-state index in [1.54, 1.807) is 0 Å². The smallest absolute Gasteiger partial charge is 0.0621 e. The van der Waals surface area contributed by atoms with Crippen LogP contribution >= 0.6 is 0 Å². The monoisotopic (exact) mass is 522 g/mol. The zero-order valence-electron chi connectivity index (χ0n) is 24.7. The van der Waals surface area contributed by atoms with Gasteiger partial charge < -0.3 is 29.9 Å². The van der Waals surface area contributed by atoms with Gasteiger partial charge in [0.15, 0.2) is 0 Å². The van der Waals surface area contributed by atoms with E-state index in [4.69, 9.17) is 0 Å². The minimum atomic E-state index is 1.15. The van der Waals surface area contributed by atoms with Gasteiger partial charge in [-0.15, -0.1) is 0 Å². The maximum atomic E-state index is 3.33. The largest absolute Gasteiger partial charge is 0.362 e. The second kappa shape index (κ2) is 11.6. The SMILES string of the molecule is Cc1cc(-c2cc(C)[nH]c2C)c(C)[nH]1.Cc1ccc(-c2cc(C)[nH]c2C)[nH]1.Cc1ccc(-c2ccc(C)[nH]2)[nH]1. The Morgan fingerprint density at radius 3 is 0.872 bits per heavy atom. The van der Waals surface area contributed by atoms with Gasteiger partial charge in [0.25, 0.3) is 0 Å². The third-order valence-electron chi connectivity index (χ3n) is 6.81. The van der Waals surface area contributed by atoms with Crippen LogP contribution in [0.1, 0.15) is 51.2 Å². The number of rotatable bonds is 3. The zero-order chi connectivity index (χ0) is 28.3. The topological polar surface area (TPSA) is 94.7 Å². The highest BCUT2D eigenvalue weighted by molar-refractivity contribution is 5.70. The molecule has 0 aliphatic rings. The van der Waals surface area contributed by atoms with Gasteiger partial charge in [-0.25, -0.2) is 0 Å². The maximum absolute atomic E-state index is 3.33. The van der Waals surface area contributed by atoms with Crippen molar-refractivity contribution in [1.29, 1.82) is 0 Å². The van der Waals surface area contributed by atoms with Crippen molar-refractivity contribution in [3.05, 3.63) is 106 Å². The van der Waals surface area contributed by atoms with Crippen molar-refractivity contribution in [2.24, 2.45) is 0 Å². The molecule has 0 aliphatic heterocycles. The first kappa shape index (κ1) is 27.7. The average Bonchev–Trinajstić information content (AvgIpc) is 3.69. The van der Waals surface area contributed by atoms with Crippen LogP contribution in [0.25, 0.3) is 33.8 Å². The van der Waals surface area contributed by atoms with Crippen molar-refractivity contribution in [1.82, 2.24) is 29.9 Å². The molecule has 0 amide bonds. The minimum absolute atomic E-state index is 1.15. The molecule has 6 N–H and O–H groups in total. The molecule has 0 fully saturated rings. The number of hydrogen-bond donors (Lipinski definition) is 6. The van der Waals surface area contributed by atoms with Gasteiger partial charge in [0.05, 0.1) is 11.4 Å². The number of hydrogen-bond acceptors (Lipinski definition) is 0. The lowest BCUT2D eigenvalue weighted by Gasteiger charge is -1.97. The van der Waals surface area contributed by atoms with Crippen LogP contribution in [0.3, 0.4) is 0 Å². The van der Waals surface area contributed by atoms with E-state index in [0.29, 0.717) is 0 Å². The molecule has 0 saturated carbocycles. The summed E-state index contributed by atoms with van der Waals surface area (Å²) in [5.74, 6) is 0. The number of H-pyrrole nitrogens is 6. The fraction of sp³-hybridized carbons (Fsp3) is 0.273. The molecular weight excluding hydrogens is 480 g/mol. The molecule has 6 aromatic heterocycles. The van der Waals surface area contributed by atoms with E-state index in [1.165, 1.54) is 73.6 Å².